The summed E-state index contributed by atoms with van der Waals surface area (Å²) in [4.78, 5) is 47.0. The molecule has 0 aliphatic heterocycles. The molecule has 164 valence electrons. The van der Waals surface area contributed by atoms with Gasteiger partial charge in [-0.15, -0.1) is 0 Å². The zero-order valence-electron chi connectivity index (χ0n) is 17.2. The molecule has 0 aromatic heterocycles. The summed E-state index contributed by atoms with van der Waals surface area (Å²) in [6, 6.07) is 11.2. The number of hydrogen-bond donors (Lipinski definition) is 2. The van der Waals surface area contributed by atoms with Crippen molar-refractivity contribution in [3.05, 3.63) is 53.1 Å². The minimum atomic E-state index is -0.588. The molecule has 0 heterocycles. The van der Waals surface area contributed by atoms with E-state index in [-0.39, 0.29) is 31.0 Å². The Hall–Kier alpha value is -3.39. The molecule has 0 saturated heterocycles. The standard InChI is InChI=1S/C22H23ClN2O6/c1-14(26)15-6-9-17(10-7-15)24-21(28)13-31-22(29)5-3-4-20(27)25-18-12-16(23)8-11-19(18)30-2/h6-12H,3-5,13H2,1-2H3,(H,24,28)(H,25,27). The van der Waals surface area contributed by atoms with E-state index in [1.54, 1.807) is 42.5 Å². The molecule has 0 fully saturated rings. The molecule has 0 aliphatic rings. The number of nitrogens with one attached hydrogen (secondary N) is 2. The first-order valence-corrected chi connectivity index (χ1v) is 9.86. The van der Waals surface area contributed by atoms with Crippen LogP contribution in [0, 0.1) is 0 Å². The number of halogens is 1. The van der Waals surface area contributed by atoms with Crippen LogP contribution in [0.3, 0.4) is 0 Å². The third-order valence-corrected chi connectivity index (χ3v) is 4.39. The number of rotatable bonds is 10. The van der Waals surface area contributed by atoms with E-state index in [0.29, 0.717) is 27.7 Å². The number of anilines is 2. The van der Waals surface area contributed by atoms with Gasteiger partial charge in [0.2, 0.25) is 5.91 Å². The fraction of sp³-hybridized carbons (Fsp3) is 0.273. The van der Waals surface area contributed by atoms with Crippen LogP contribution in [0.15, 0.2) is 42.5 Å². The number of hydrogen-bond acceptors (Lipinski definition) is 6. The van der Waals surface area contributed by atoms with Crippen molar-refractivity contribution >= 4 is 46.5 Å². The lowest BCUT2D eigenvalue weighted by Gasteiger charge is -2.10. The third kappa shape index (κ3) is 8.10. The number of amides is 2. The van der Waals surface area contributed by atoms with Crippen LogP contribution in [0.2, 0.25) is 5.02 Å². The minimum absolute atomic E-state index is 0.0132. The van der Waals surface area contributed by atoms with Gasteiger partial charge in [-0.25, -0.2) is 0 Å². The number of ether oxygens (including phenoxy) is 2. The molecule has 2 aromatic rings. The highest BCUT2D eigenvalue weighted by Crippen LogP contribution is 2.27. The predicted octanol–water partition coefficient (Wildman–Crippen LogP) is 3.84. The number of esters is 1. The lowest BCUT2D eigenvalue weighted by atomic mass is 10.1. The van der Waals surface area contributed by atoms with Crippen molar-refractivity contribution in [2.45, 2.75) is 26.2 Å². The monoisotopic (exact) mass is 446 g/mol. The Kier molecular flexibility index (Phi) is 9.02. The highest BCUT2D eigenvalue weighted by atomic mass is 35.5. The maximum Gasteiger partial charge on any atom is 0.306 e. The van der Waals surface area contributed by atoms with Crippen LogP contribution in [0.25, 0.3) is 0 Å². The van der Waals surface area contributed by atoms with Crippen molar-refractivity contribution in [2.75, 3.05) is 24.4 Å². The van der Waals surface area contributed by atoms with Crippen LogP contribution in [0.5, 0.6) is 5.75 Å². The lowest BCUT2D eigenvalue weighted by Crippen LogP contribution is -2.21. The van der Waals surface area contributed by atoms with Gasteiger partial charge in [0, 0.05) is 29.1 Å². The molecule has 2 rings (SSSR count). The number of benzene rings is 2. The van der Waals surface area contributed by atoms with Gasteiger partial charge >= 0.3 is 5.97 Å². The van der Waals surface area contributed by atoms with Gasteiger partial charge in [0.15, 0.2) is 12.4 Å². The highest BCUT2D eigenvalue weighted by Gasteiger charge is 2.12. The maximum absolute atomic E-state index is 12.1. The Balaban J connectivity index is 1.68. The van der Waals surface area contributed by atoms with E-state index in [9.17, 15) is 19.2 Å². The average molecular weight is 447 g/mol. The summed E-state index contributed by atoms with van der Waals surface area (Å²) in [5.74, 6) is -1.00. The average Bonchev–Trinajstić information content (AvgIpc) is 2.73. The summed E-state index contributed by atoms with van der Waals surface area (Å²) < 4.78 is 10.1. The number of carbonyl (C=O) groups is 4. The van der Waals surface area contributed by atoms with Gasteiger partial charge in [-0.1, -0.05) is 11.6 Å². The molecule has 0 saturated carbocycles. The molecule has 2 amide bonds. The Bertz CT molecular complexity index is 959. The molecular formula is C22H23ClN2O6. The summed E-state index contributed by atoms with van der Waals surface area (Å²) in [5.41, 5.74) is 1.46. The van der Waals surface area contributed by atoms with Gasteiger partial charge < -0.3 is 20.1 Å². The van der Waals surface area contributed by atoms with E-state index in [2.05, 4.69) is 10.6 Å². The fourth-order valence-corrected chi connectivity index (χ4v) is 2.76. The van der Waals surface area contributed by atoms with Crippen LogP contribution in [0.4, 0.5) is 11.4 Å². The van der Waals surface area contributed by atoms with E-state index < -0.39 is 18.5 Å². The largest absolute Gasteiger partial charge is 0.495 e. The van der Waals surface area contributed by atoms with Gasteiger partial charge in [-0.05, 0) is 55.8 Å². The zero-order valence-corrected chi connectivity index (χ0v) is 18.0. The van der Waals surface area contributed by atoms with Crippen LogP contribution in [0.1, 0.15) is 36.5 Å². The first-order valence-electron chi connectivity index (χ1n) is 9.48. The second-order valence-electron chi connectivity index (χ2n) is 6.59. The topological polar surface area (TPSA) is 111 Å². The molecule has 0 unspecified atom stereocenters. The summed E-state index contributed by atoms with van der Waals surface area (Å²) in [6.07, 6.45) is 0.321. The van der Waals surface area contributed by atoms with Crippen molar-refractivity contribution in [1.29, 1.82) is 0 Å². The Labute approximate surface area is 184 Å². The maximum atomic E-state index is 12.1. The Morgan fingerprint density at radius 1 is 0.935 bits per heavy atom. The second kappa shape index (κ2) is 11.7. The molecule has 0 bridgehead atoms. The molecule has 2 aromatic carbocycles. The van der Waals surface area contributed by atoms with Gasteiger partial charge in [0.1, 0.15) is 5.75 Å². The zero-order chi connectivity index (χ0) is 22.8. The predicted molar refractivity (Wildman–Crippen MR) is 117 cm³/mol. The molecule has 0 atom stereocenters. The van der Waals surface area contributed by atoms with Crippen LogP contribution < -0.4 is 15.4 Å². The quantitative estimate of drug-likeness (QED) is 0.423. The number of ketones is 1. The van der Waals surface area contributed by atoms with Gasteiger partial charge in [0.25, 0.3) is 5.91 Å². The van der Waals surface area contributed by atoms with Crippen LogP contribution in [-0.2, 0) is 19.1 Å². The normalized spacial score (nSPS) is 10.2. The molecule has 0 aliphatic carbocycles. The van der Waals surface area contributed by atoms with Crippen molar-refractivity contribution in [3.63, 3.8) is 0 Å². The molecule has 0 radical (unpaired) electrons. The summed E-state index contributed by atoms with van der Waals surface area (Å²) in [7, 11) is 1.48. The number of methoxy groups -OCH3 is 1. The molecule has 31 heavy (non-hydrogen) atoms. The summed E-state index contributed by atoms with van der Waals surface area (Å²) in [5, 5.41) is 5.70. The van der Waals surface area contributed by atoms with Crippen molar-refractivity contribution < 1.29 is 28.7 Å². The summed E-state index contributed by atoms with van der Waals surface area (Å²) >= 11 is 5.92. The molecule has 0 spiro atoms. The van der Waals surface area contributed by atoms with Gasteiger partial charge in [0.05, 0.1) is 12.8 Å². The highest BCUT2D eigenvalue weighted by molar-refractivity contribution is 6.31. The fourth-order valence-electron chi connectivity index (χ4n) is 2.59. The SMILES string of the molecule is COc1ccc(Cl)cc1NC(=O)CCCC(=O)OCC(=O)Nc1ccc(C(C)=O)cc1. The lowest BCUT2D eigenvalue weighted by molar-refractivity contribution is -0.147. The van der Waals surface area contributed by atoms with Crippen LogP contribution in [-0.4, -0.2) is 37.3 Å². The van der Waals surface area contributed by atoms with Gasteiger partial charge in [-0.3, -0.25) is 19.2 Å². The Morgan fingerprint density at radius 2 is 1.65 bits per heavy atom. The van der Waals surface area contributed by atoms with E-state index in [4.69, 9.17) is 21.1 Å². The van der Waals surface area contributed by atoms with E-state index >= 15 is 0 Å². The van der Waals surface area contributed by atoms with Gasteiger partial charge in [-0.2, -0.15) is 0 Å². The first-order chi connectivity index (χ1) is 14.8. The number of carbonyl (C=O) groups excluding carboxylic acids is 4. The van der Waals surface area contributed by atoms with E-state index in [1.165, 1.54) is 14.0 Å². The Morgan fingerprint density at radius 3 is 2.29 bits per heavy atom. The third-order valence-electron chi connectivity index (χ3n) is 4.16. The van der Waals surface area contributed by atoms with Crippen molar-refractivity contribution in [2.24, 2.45) is 0 Å². The molecule has 2 N–H and O–H groups in total. The van der Waals surface area contributed by atoms with Crippen LogP contribution >= 0.6 is 11.6 Å². The second-order valence-corrected chi connectivity index (χ2v) is 7.03. The first kappa shape index (κ1) is 23.9. The van der Waals surface area contributed by atoms with Crippen molar-refractivity contribution in [3.8, 4) is 5.75 Å². The molecular weight excluding hydrogens is 424 g/mol. The summed E-state index contributed by atoms with van der Waals surface area (Å²) in [6.45, 7) is 1.00. The minimum Gasteiger partial charge on any atom is -0.495 e. The van der Waals surface area contributed by atoms with Crippen molar-refractivity contribution in [1.82, 2.24) is 0 Å². The molecule has 9 heteroatoms. The number of Topliss-reactive ketones (excluding diaryl/α,β-unsaturated/α-hetero) is 1. The van der Waals surface area contributed by atoms with E-state index in [0.717, 1.165) is 0 Å². The molecule has 8 nitrogen and oxygen atoms in total. The smallest absolute Gasteiger partial charge is 0.306 e. The van der Waals surface area contributed by atoms with E-state index in [1.807, 2.05) is 0 Å².